The lowest BCUT2D eigenvalue weighted by Crippen LogP contribution is -2.42. The summed E-state index contributed by atoms with van der Waals surface area (Å²) in [5.41, 5.74) is 6.89. The van der Waals surface area contributed by atoms with Crippen LogP contribution in [0.5, 0.6) is 0 Å². The van der Waals surface area contributed by atoms with Gasteiger partial charge in [0, 0.05) is 24.5 Å². The molecule has 1 atom stereocenters. The van der Waals surface area contributed by atoms with Crippen LogP contribution in [-0.2, 0) is 21.2 Å². The van der Waals surface area contributed by atoms with E-state index in [0.29, 0.717) is 6.54 Å². The number of rotatable bonds is 6. The maximum absolute atomic E-state index is 12.2. The second-order valence-electron chi connectivity index (χ2n) is 5.48. The Bertz CT molecular complexity index is 774. The molecule has 0 saturated heterocycles. The predicted molar refractivity (Wildman–Crippen MR) is 97.9 cm³/mol. The van der Waals surface area contributed by atoms with E-state index in [1.165, 1.54) is 4.70 Å². The normalized spacial score (nSPS) is 12.7. The van der Waals surface area contributed by atoms with Crippen molar-refractivity contribution in [2.24, 2.45) is 5.73 Å². The molecule has 1 amide bonds. The lowest BCUT2D eigenvalue weighted by atomic mass is 10.1. The van der Waals surface area contributed by atoms with Gasteiger partial charge in [-0.2, -0.15) is 0 Å². The molecule has 2 N–H and O–H groups in total. The Kier molecular flexibility index (Phi) is 7.01. The smallest absolute Gasteiger partial charge is 0.239 e. The first-order valence-corrected chi connectivity index (χ1v) is 9.85. The zero-order valence-corrected chi connectivity index (χ0v) is 15.5. The average Bonchev–Trinajstić information content (AvgIpc) is 2.86. The summed E-state index contributed by atoms with van der Waals surface area (Å²) in [6, 6.07) is 7.24. The van der Waals surface area contributed by atoms with E-state index in [1.54, 1.807) is 23.3 Å². The molecule has 8 heteroatoms. The van der Waals surface area contributed by atoms with Crippen LogP contribution in [0.3, 0.4) is 0 Å². The van der Waals surface area contributed by atoms with E-state index < -0.39 is 15.9 Å². The molecule has 0 spiro atoms. The lowest BCUT2D eigenvalue weighted by molar-refractivity contribution is -0.131. The minimum absolute atomic E-state index is 0. The summed E-state index contributed by atoms with van der Waals surface area (Å²) in [6.07, 6.45) is 1.29. The quantitative estimate of drug-likeness (QED) is 0.836. The van der Waals surface area contributed by atoms with E-state index in [9.17, 15) is 13.2 Å². The summed E-state index contributed by atoms with van der Waals surface area (Å²) in [7, 11) is -1.42. The molecule has 1 aromatic carbocycles. The summed E-state index contributed by atoms with van der Waals surface area (Å²) in [5, 5.41) is 3.17. The van der Waals surface area contributed by atoms with Crippen molar-refractivity contribution in [2.45, 2.75) is 19.0 Å². The first-order valence-electron chi connectivity index (χ1n) is 6.91. The number of halogens is 1. The van der Waals surface area contributed by atoms with Crippen molar-refractivity contribution in [3.8, 4) is 0 Å². The van der Waals surface area contributed by atoms with Gasteiger partial charge in [0.1, 0.15) is 9.84 Å². The van der Waals surface area contributed by atoms with Crippen molar-refractivity contribution in [3.63, 3.8) is 0 Å². The fourth-order valence-corrected chi connectivity index (χ4v) is 3.87. The van der Waals surface area contributed by atoms with Gasteiger partial charge in [-0.15, -0.1) is 23.7 Å². The van der Waals surface area contributed by atoms with Crippen molar-refractivity contribution in [1.29, 1.82) is 0 Å². The average molecular weight is 377 g/mol. The number of sulfone groups is 1. The fourth-order valence-electron chi connectivity index (χ4n) is 2.24. The Morgan fingerprint density at radius 2 is 2.00 bits per heavy atom. The molecule has 0 aliphatic rings. The predicted octanol–water partition coefficient (Wildman–Crippen LogP) is 2.04. The van der Waals surface area contributed by atoms with Crippen molar-refractivity contribution < 1.29 is 13.2 Å². The van der Waals surface area contributed by atoms with Crippen molar-refractivity contribution in [1.82, 2.24) is 4.90 Å². The molecular formula is C15H21ClN2O3S2. The van der Waals surface area contributed by atoms with Crippen LogP contribution in [0.4, 0.5) is 0 Å². The van der Waals surface area contributed by atoms with Gasteiger partial charge < -0.3 is 10.6 Å². The van der Waals surface area contributed by atoms with Crippen LogP contribution in [0.1, 0.15) is 12.0 Å². The van der Waals surface area contributed by atoms with Crippen molar-refractivity contribution in [2.75, 3.05) is 19.1 Å². The minimum Gasteiger partial charge on any atom is -0.340 e. The van der Waals surface area contributed by atoms with Gasteiger partial charge in [0.15, 0.2) is 0 Å². The van der Waals surface area contributed by atoms with Gasteiger partial charge >= 0.3 is 0 Å². The van der Waals surface area contributed by atoms with Crippen LogP contribution in [0.25, 0.3) is 10.1 Å². The van der Waals surface area contributed by atoms with Crippen LogP contribution in [-0.4, -0.2) is 44.3 Å². The lowest BCUT2D eigenvalue weighted by Gasteiger charge is -2.21. The van der Waals surface area contributed by atoms with Crippen molar-refractivity contribution in [3.05, 3.63) is 35.2 Å². The molecule has 5 nitrogen and oxygen atoms in total. The van der Waals surface area contributed by atoms with Crippen molar-refractivity contribution >= 4 is 49.6 Å². The number of likely N-dealkylation sites (N-methyl/N-ethyl adjacent to an activating group) is 1. The van der Waals surface area contributed by atoms with Crippen LogP contribution in [0.2, 0.25) is 0 Å². The summed E-state index contributed by atoms with van der Waals surface area (Å²) < 4.78 is 23.5. The molecule has 2 rings (SSSR count). The number of carbonyl (C=O) groups is 1. The highest BCUT2D eigenvalue weighted by Gasteiger charge is 2.20. The Morgan fingerprint density at radius 3 is 2.65 bits per heavy atom. The van der Waals surface area contributed by atoms with Crippen LogP contribution in [0, 0.1) is 0 Å². The third kappa shape index (κ3) is 5.46. The Balaban J connectivity index is 0.00000264. The standard InChI is InChI=1S/C15H20N2O3S2.ClH/c1-17(15(18)13(16)7-8-22(2,19)20)9-11-10-21-14-6-4-3-5-12(11)14;/h3-6,10,13H,7-9,16H2,1-2H3;1H. The first-order chi connectivity index (χ1) is 10.3. The second kappa shape index (κ2) is 8.10. The Hall–Kier alpha value is -1.15. The number of hydrogen-bond donors (Lipinski definition) is 1. The van der Waals surface area contributed by atoms with Gasteiger partial charge in [0.25, 0.3) is 0 Å². The number of fused-ring (bicyclic) bond motifs is 1. The van der Waals surface area contributed by atoms with E-state index in [-0.39, 0.29) is 30.5 Å². The summed E-state index contributed by atoms with van der Waals surface area (Å²) in [4.78, 5) is 13.8. The molecule has 2 aromatic rings. The highest BCUT2D eigenvalue weighted by molar-refractivity contribution is 7.90. The number of amides is 1. The number of nitrogens with two attached hydrogens (primary N) is 1. The minimum atomic E-state index is -3.11. The summed E-state index contributed by atoms with van der Waals surface area (Å²) >= 11 is 1.64. The Morgan fingerprint density at radius 1 is 1.35 bits per heavy atom. The molecule has 0 radical (unpaired) electrons. The van der Waals surface area contributed by atoms with Crippen LogP contribution < -0.4 is 5.73 Å². The number of nitrogens with zero attached hydrogens (tertiary/aromatic N) is 1. The highest BCUT2D eigenvalue weighted by Crippen LogP contribution is 2.26. The molecule has 1 unspecified atom stereocenters. The van der Waals surface area contributed by atoms with Gasteiger partial charge in [-0.3, -0.25) is 4.79 Å². The monoisotopic (exact) mass is 376 g/mol. The third-order valence-electron chi connectivity index (χ3n) is 3.46. The number of benzene rings is 1. The molecule has 1 aromatic heterocycles. The SMILES string of the molecule is CN(Cc1csc2ccccc12)C(=O)C(N)CCS(C)(=O)=O.Cl. The molecule has 128 valence electrons. The molecule has 0 aliphatic carbocycles. The van der Waals surface area contributed by atoms with Gasteiger partial charge in [-0.05, 0) is 28.8 Å². The van der Waals surface area contributed by atoms with Gasteiger partial charge in [0.2, 0.25) is 5.91 Å². The molecular weight excluding hydrogens is 356 g/mol. The molecule has 0 bridgehead atoms. The number of hydrogen-bond acceptors (Lipinski definition) is 5. The molecule has 0 aliphatic heterocycles. The van der Waals surface area contributed by atoms with E-state index >= 15 is 0 Å². The zero-order chi connectivity index (χ0) is 16.3. The number of carbonyl (C=O) groups excluding carboxylic acids is 1. The zero-order valence-electron chi connectivity index (χ0n) is 13.1. The third-order valence-corrected chi connectivity index (χ3v) is 5.45. The van der Waals surface area contributed by atoms with E-state index in [1.807, 2.05) is 29.6 Å². The summed E-state index contributed by atoms with van der Waals surface area (Å²) in [5.74, 6) is -0.311. The van der Waals surface area contributed by atoms with E-state index in [4.69, 9.17) is 5.73 Å². The molecule has 0 fully saturated rings. The maximum atomic E-state index is 12.2. The number of thiophene rings is 1. The van der Waals surface area contributed by atoms with Gasteiger partial charge in [-0.1, -0.05) is 18.2 Å². The van der Waals surface area contributed by atoms with E-state index in [0.717, 1.165) is 17.2 Å². The molecule has 23 heavy (non-hydrogen) atoms. The molecule has 0 saturated carbocycles. The first kappa shape index (κ1) is 19.9. The Labute approximate surface area is 146 Å². The van der Waals surface area contributed by atoms with E-state index in [2.05, 4.69) is 0 Å². The van der Waals surface area contributed by atoms with Crippen LogP contribution in [0.15, 0.2) is 29.6 Å². The van der Waals surface area contributed by atoms with Gasteiger partial charge in [0.05, 0.1) is 11.8 Å². The second-order valence-corrected chi connectivity index (χ2v) is 8.65. The summed E-state index contributed by atoms with van der Waals surface area (Å²) in [6.45, 7) is 0.468. The highest BCUT2D eigenvalue weighted by atomic mass is 35.5. The largest absolute Gasteiger partial charge is 0.340 e. The molecule has 1 heterocycles. The van der Waals surface area contributed by atoms with Crippen LogP contribution >= 0.6 is 23.7 Å². The van der Waals surface area contributed by atoms with Gasteiger partial charge in [-0.25, -0.2) is 8.42 Å². The fraction of sp³-hybridized carbons (Fsp3) is 0.400. The topological polar surface area (TPSA) is 80.5 Å². The maximum Gasteiger partial charge on any atom is 0.239 e.